The molecule has 0 bridgehead atoms. The summed E-state index contributed by atoms with van der Waals surface area (Å²) in [5.41, 5.74) is 3.05. The van der Waals surface area contributed by atoms with Crippen LogP contribution in [-0.2, 0) is 0 Å². The van der Waals surface area contributed by atoms with Gasteiger partial charge >= 0.3 is 0 Å². The summed E-state index contributed by atoms with van der Waals surface area (Å²) in [5.74, 6) is 6.26. The molecule has 6 rings (SSSR count). The molecule has 53 heavy (non-hydrogen) atoms. The number of aryl methyl sites for hydroxylation is 2. The maximum atomic E-state index is 14.1. The van der Waals surface area contributed by atoms with Crippen LogP contribution < -0.4 is 10.6 Å². The molecule has 0 aliphatic rings. The van der Waals surface area contributed by atoms with Crippen molar-refractivity contribution in [3.05, 3.63) is 107 Å². The third-order valence-electron chi connectivity index (χ3n) is 6.53. The maximum absolute atomic E-state index is 14.1. The molecule has 6 aromatic rings. The normalized spacial score (nSPS) is 10.5. The Labute approximate surface area is 309 Å². The lowest BCUT2D eigenvalue weighted by molar-refractivity contribution is 0.101. The van der Waals surface area contributed by atoms with E-state index < -0.39 is 23.4 Å². The highest BCUT2D eigenvalue weighted by Gasteiger charge is 2.13. The number of hydrogen-bond donors (Lipinski definition) is 2. The first-order valence-corrected chi connectivity index (χ1v) is 16.0. The minimum atomic E-state index is -0.525. The quantitative estimate of drug-likeness (QED) is 0.235. The van der Waals surface area contributed by atoms with E-state index in [1.165, 1.54) is 45.7 Å². The molecule has 6 aromatic heterocycles. The van der Waals surface area contributed by atoms with Crippen LogP contribution in [0.25, 0.3) is 11.3 Å². The van der Waals surface area contributed by atoms with Crippen LogP contribution in [0.15, 0.2) is 61.7 Å². The number of carbonyl (C=O) groups excluding carboxylic acids is 2. The third-order valence-corrected chi connectivity index (χ3v) is 6.72. The number of hydrogen-bond acceptors (Lipinski definition) is 10. The lowest BCUT2D eigenvalue weighted by Crippen LogP contribution is -2.15. The fraction of sp³-hybridized carbons (Fsp3) is 0.222. The number of nitrogens with zero attached hydrogens (tertiary/aromatic N) is 10. The molecule has 2 N–H and O–H groups in total. The predicted octanol–water partition coefficient (Wildman–Crippen LogP) is 4.40. The fourth-order valence-electron chi connectivity index (χ4n) is 4.30. The molecule has 14 nitrogen and oxygen atoms in total. The highest BCUT2D eigenvalue weighted by molar-refractivity contribution is 6.29. The van der Waals surface area contributed by atoms with Crippen molar-refractivity contribution in [1.82, 2.24) is 48.5 Å². The van der Waals surface area contributed by atoms with Crippen LogP contribution in [-0.4, -0.2) is 102 Å². The summed E-state index contributed by atoms with van der Waals surface area (Å²) in [4.78, 5) is 52.0. The Balaban J connectivity index is 0.000000209. The van der Waals surface area contributed by atoms with E-state index in [0.717, 1.165) is 6.54 Å². The van der Waals surface area contributed by atoms with Gasteiger partial charge in [0.15, 0.2) is 22.9 Å². The SMILES string of the molecule is C#CCN(C)C.Cc1cn2cc(NC(=O)c3cnc(C#CCN(C)C)cn3)cc(F)c2n1.Cc1cn2cc(NC(=O)c3cnc(Cl)cn3)cc(F)c2n1. The van der Waals surface area contributed by atoms with Crippen molar-refractivity contribution >= 4 is 46.1 Å². The summed E-state index contributed by atoms with van der Waals surface area (Å²) in [6, 6.07) is 2.41. The number of imidazole rings is 2. The van der Waals surface area contributed by atoms with Crippen LogP contribution >= 0.6 is 11.6 Å². The number of fused-ring (bicyclic) bond motifs is 2. The summed E-state index contributed by atoms with van der Waals surface area (Å²) in [7, 11) is 7.72. The minimum Gasteiger partial charge on any atom is -0.319 e. The molecule has 272 valence electrons. The van der Waals surface area contributed by atoms with Crippen molar-refractivity contribution in [1.29, 1.82) is 0 Å². The monoisotopic (exact) mass is 740 g/mol. The molecule has 0 atom stereocenters. The summed E-state index contributed by atoms with van der Waals surface area (Å²) >= 11 is 5.60. The molecule has 6 heterocycles. The second-order valence-electron chi connectivity index (χ2n) is 11.8. The fourth-order valence-corrected chi connectivity index (χ4v) is 4.39. The minimum absolute atomic E-state index is 0.0849. The van der Waals surface area contributed by atoms with E-state index in [1.807, 2.05) is 38.0 Å². The van der Waals surface area contributed by atoms with Crippen molar-refractivity contribution in [2.75, 3.05) is 51.9 Å². The summed E-state index contributed by atoms with van der Waals surface area (Å²) < 4.78 is 31.0. The van der Waals surface area contributed by atoms with Gasteiger partial charge in [-0.1, -0.05) is 23.4 Å². The van der Waals surface area contributed by atoms with Crippen LogP contribution in [0, 0.1) is 49.7 Å². The molecule has 17 heteroatoms. The molecule has 0 unspecified atom stereocenters. The number of rotatable bonds is 6. The maximum Gasteiger partial charge on any atom is 0.275 e. The average Bonchev–Trinajstić information content (AvgIpc) is 3.67. The van der Waals surface area contributed by atoms with Gasteiger partial charge < -0.3 is 19.4 Å². The van der Waals surface area contributed by atoms with E-state index >= 15 is 0 Å². The molecule has 0 spiro atoms. The first kappa shape index (κ1) is 39.5. The molecule has 0 fully saturated rings. The topological polar surface area (TPSA) is 151 Å². The third kappa shape index (κ3) is 11.6. The standard InChI is InChI=1S/C18H17FN6O.C13H9ClFN5O.C5H9N/c1-12-10-25-11-14(7-15(19)17(25)22-12)23-18(26)16-9-20-13(8-21-16)5-4-6-24(2)3;1-7-5-20-6-8(2-9(15)12(20)18-7)19-13(21)10-3-17-11(14)4-16-10;1-4-5-6(2)3/h7-11H,6H2,1-3H3,(H,23,26);2-6H,1H3,(H,19,21);1H,5H2,2-3H3. The average molecular weight is 741 g/mol. The van der Waals surface area contributed by atoms with E-state index in [1.54, 1.807) is 38.6 Å². The van der Waals surface area contributed by atoms with Crippen molar-refractivity contribution in [2.24, 2.45) is 0 Å². The molecule has 0 saturated carbocycles. The van der Waals surface area contributed by atoms with Gasteiger partial charge in [-0.05, 0) is 48.0 Å². The number of nitrogens with one attached hydrogen (secondary N) is 2. The number of aromatic nitrogens is 8. The van der Waals surface area contributed by atoms with Gasteiger partial charge in [0.05, 0.1) is 60.6 Å². The number of halogens is 3. The van der Waals surface area contributed by atoms with Gasteiger partial charge in [0, 0.05) is 36.9 Å². The predicted molar refractivity (Wildman–Crippen MR) is 198 cm³/mol. The zero-order valence-electron chi connectivity index (χ0n) is 29.7. The van der Waals surface area contributed by atoms with Crippen LogP contribution in [0.5, 0.6) is 0 Å². The second-order valence-corrected chi connectivity index (χ2v) is 12.2. The molecule has 2 amide bonds. The van der Waals surface area contributed by atoms with E-state index in [4.69, 9.17) is 18.0 Å². The first-order chi connectivity index (χ1) is 25.2. The van der Waals surface area contributed by atoms with Crippen molar-refractivity contribution < 1.29 is 18.4 Å². The Hall–Kier alpha value is -6.33. The number of anilines is 2. The van der Waals surface area contributed by atoms with Crippen LogP contribution in [0.1, 0.15) is 38.1 Å². The van der Waals surface area contributed by atoms with E-state index in [2.05, 4.69) is 58.3 Å². The van der Waals surface area contributed by atoms with E-state index in [-0.39, 0.29) is 27.8 Å². The van der Waals surface area contributed by atoms with Gasteiger partial charge in [0.25, 0.3) is 11.8 Å². The molecular weight excluding hydrogens is 706 g/mol. The number of carbonyl (C=O) groups is 2. The highest BCUT2D eigenvalue weighted by Crippen LogP contribution is 2.18. The van der Waals surface area contributed by atoms with E-state index in [9.17, 15) is 18.4 Å². The van der Waals surface area contributed by atoms with Crippen molar-refractivity contribution in [3.8, 4) is 24.2 Å². The first-order valence-electron chi connectivity index (χ1n) is 15.7. The second kappa shape index (κ2) is 18.2. The number of terminal acetylenes is 1. The van der Waals surface area contributed by atoms with Crippen molar-refractivity contribution in [3.63, 3.8) is 0 Å². The van der Waals surface area contributed by atoms with Gasteiger partial charge in [-0.25, -0.2) is 38.7 Å². The van der Waals surface area contributed by atoms with Gasteiger partial charge in [-0.3, -0.25) is 19.4 Å². The molecular formula is C36H35ClF2N12O2. The largest absolute Gasteiger partial charge is 0.319 e. The molecule has 0 aromatic carbocycles. The van der Waals surface area contributed by atoms with Gasteiger partial charge in [0.1, 0.15) is 22.2 Å². The van der Waals surface area contributed by atoms with Gasteiger partial charge in [-0.2, -0.15) is 0 Å². The zero-order chi connectivity index (χ0) is 38.7. The molecule has 0 radical (unpaired) electrons. The molecule has 0 saturated heterocycles. The number of pyridine rings is 2. The van der Waals surface area contributed by atoms with Crippen LogP contribution in [0.2, 0.25) is 5.15 Å². The number of amides is 2. The Morgan fingerprint density at radius 3 is 1.64 bits per heavy atom. The Bertz CT molecular complexity index is 2320. The summed E-state index contributed by atoms with van der Waals surface area (Å²) in [6.45, 7) is 4.86. The molecule has 0 aliphatic heterocycles. The Morgan fingerprint density at radius 1 is 0.755 bits per heavy atom. The summed E-state index contributed by atoms with van der Waals surface area (Å²) in [6.07, 6.45) is 16.7. The lowest BCUT2D eigenvalue weighted by Gasteiger charge is -2.06. The smallest absolute Gasteiger partial charge is 0.275 e. The van der Waals surface area contributed by atoms with Crippen LogP contribution in [0.3, 0.4) is 0 Å². The Morgan fingerprint density at radius 2 is 1.25 bits per heavy atom. The zero-order valence-corrected chi connectivity index (χ0v) is 30.4. The lowest BCUT2D eigenvalue weighted by atomic mass is 10.3. The summed E-state index contributed by atoms with van der Waals surface area (Å²) in [5, 5.41) is 5.34. The Kier molecular flexibility index (Phi) is 13.6. The van der Waals surface area contributed by atoms with Gasteiger partial charge in [0.2, 0.25) is 0 Å². The van der Waals surface area contributed by atoms with Crippen molar-refractivity contribution in [2.45, 2.75) is 13.8 Å². The highest BCUT2D eigenvalue weighted by atomic mass is 35.5. The van der Waals surface area contributed by atoms with Crippen LogP contribution in [0.4, 0.5) is 20.2 Å². The molecule has 0 aliphatic carbocycles. The van der Waals surface area contributed by atoms with E-state index in [0.29, 0.717) is 35.0 Å². The van der Waals surface area contributed by atoms with Gasteiger partial charge in [-0.15, -0.1) is 6.42 Å².